The van der Waals surface area contributed by atoms with Gasteiger partial charge in [0, 0.05) is 13.0 Å². The summed E-state index contributed by atoms with van der Waals surface area (Å²) in [6.45, 7) is 1.98. The van der Waals surface area contributed by atoms with E-state index in [1.165, 1.54) is 11.0 Å². The van der Waals surface area contributed by atoms with E-state index in [0.29, 0.717) is 17.4 Å². The molecule has 0 bridgehead atoms. The number of ether oxygens (including phenoxy) is 1. The SMILES string of the molecule is C[C@H]1[C@@H](Oc2cc(C(F)(F)F)ccc2Br)CCN1C(=O)O. The highest BCUT2D eigenvalue weighted by Crippen LogP contribution is 2.36. The largest absolute Gasteiger partial charge is 0.487 e. The molecule has 1 aliphatic rings. The fourth-order valence-electron chi connectivity index (χ4n) is 2.27. The smallest absolute Gasteiger partial charge is 0.416 e. The van der Waals surface area contributed by atoms with Crippen LogP contribution in [-0.4, -0.2) is 34.8 Å². The van der Waals surface area contributed by atoms with Crippen LogP contribution in [0.25, 0.3) is 0 Å². The second kappa shape index (κ2) is 5.75. The third-order valence-electron chi connectivity index (χ3n) is 3.47. The van der Waals surface area contributed by atoms with Crippen LogP contribution in [0.15, 0.2) is 22.7 Å². The zero-order chi connectivity index (χ0) is 15.8. The van der Waals surface area contributed by atoms with Crippen LogP contribution in [0.4, 0.5) is 18.0 Å². The number of halogens is 4. The summed E-state index contributed by atoms with van der Waals surface area (Å²) in [6, 6.07) is 2.73. The normalized spacial score (nSPS) is 22.4. The first-order chi connectivity index (χ1) is 9.70. The molecule has 8 heteroatoms. The summed E-state index contributed by atoms with van der Waals surface area (Å²) >= 11 is 3.15. The average Bonchev–Trinajstić information content (AvgIpc) is 2.72. The first-order valence-corrected chi connectivity index (χ1v) is 7.02. The molecule has 0 saturated carbocycles. The Kier molecular flexibility index (Phi) is 4.36. The molecule has 1 N–H and O–H groups in total. The molecule has 0 aromatic heterocycles. The molecule has 1 amide bonds. The van der Waals surface area contributed by atoms with Gasteiger partial charge < -0.3 is 14.7 Å². The van der Waals surface area contributed by atoms with E-state index < -0.39 is 30.0 Å². The van der Waals surface area contributed by atoms with Crippen LogP contribution >= 0.6 is 15.9 Å². The maximum absolute atomic E-state index is 12.7. The molecule has 4 nitrogen and oxygen atoms in total. The summed E-state index contributed by atoms with van der Waals surface area (Å²) in [5.74, 6) is 0.0638. The van der Waals surface area contributed by atoms with E-state index in [2.05, 4.69) is 15.9 Å². The van der Waals surface area contributed by atoms with E-state index in [1.807, 2.05) is 0 Å². The zero-order valence-corrected chi connectivity index (χ0v) is 12.6. The number of carboxylic acid groups (broad SMARTS) is 1. The Morgan fingerprint density at radius 3 is 2.67 bits per heavy atom. The van der Waals surface area contributed by atoms with E-state index in [0.717, 1.165) is 12.1 Å². The second-order valence-electron chi connectivity index (χ2n) is 4.80. The first-order valence-electron chi connectivity index (χ1n) is 6.23. The number of hydrogen-bond donors (Lipinski definition) is 1. The fraction of sp³-hybridized carbons (Fsp3) is 0.462. The van der Waals surface area contributed by atoms with Crippen LogP contribution in [0.1, 0.15) is 18.9 Å². The highest BCUT2D eigenvalue weighted by molar-refractivity contribution is 9.10. The minimum Gasteiger partial charge on any atom is -0.487 e. The van der Waals surface area contributed by atoms with Crippen molar-refractivity contribution in [2.45, 2.75) is 31.7 Å². The van der Waals surface area contributed by atoms with Gasteiger partial charge in [-0.3, -0.25) is 0 Å². The van der Waals surface area contributed by atoms with Crippen molar-refractivity contribution in [3.05, 3.63) is 28.2 Å². The number of nitrogens with zero attached hydrogens (tertiary/aromatic N) is 1. The van der Waals surface area contributed by atoms with Crippen LogP contribution in [0.5, 0.6) is 5.75 Å². The van der Waals surface area contributed by atoms with E-state index in [-0.39, 0.29) is 5.75 Å². The topological polar surface area (TPSA) is 49.8 Å². The number of carbonyl (C=O) groups is 1. The monoisotopic (exact) mass is 367 g/mol. The van der Waals surface area contributed by atoms with Crippen LogP contribution < -0.4 is 4.74 Å². The molecule has 2 atom stereocenters. The molecule has 0 aliphatic carbocycles. The van der Waals surface area contributed by atoms with Crippen molar-refractivity contribution in [2.24, 2.45) is 0 Å². The van der Waals surface area contributed by atoms with Gasteiger partial charge in [-0.05, 0) is 41.1 Å². The zero-order valence-electron chi connectivity index (χ0n) is 11.0. The van der Waals surface area contributed by atoms with Crippen LogP contribution in [-0.2, 0) is 6.18 Å². The highest BCUT2D eigenvalue weighted by atomic mass is 79.9. The summed E-state index contributed by atoms with van der Waals surface area (Å²) < 4.78 is 44.1. The lowest BCUT2D eigenvalue weighted by Gasteiger charge is -2.23. The molecule has 1 aliphatic heterocycles. The lowest BCUT2D eigenvalue weighted by molar-refractivity contribution is -0.137. The van der Waals surface area contributed by atoms with Gasteiger partial charge in [0.2, 0.25) is 0 Å². The van der Waals surface area contributed by atoms with Gasteiger partial charge in [-0.25, -0.2) is 4.79 Å². The Hall–Kier alpha value is -1.44. The fourth-order valence-corrected chi connectivity index (χ4v) is 2.61. The quantitative estimate of drug-likeness (QED) is 0.859. The van der Waals surface area contributed by atoms with E-state index in [4.69, 9.17) is 9.84 Å². The third kappa shape index (κ3) is 3.42. The Labute approximate surface area is 127 Å². The predicted molar refractivity (Wildman–Crippen MR) is 72.4 cm³/mol. The van der Waals surface area contributed by atoms with Gasteiger partial charge in [0.25, 0.3) is 0 Å². The summed E-state index contributed by atoms with van der Waals surface area (Å²) in [7, 11) is 0. The Morgan fingerprint density at radius 2 is 2.14 bits per heavy atom. The number of rotatable bonds is 2. The predicted octanol–water partition coefficient (Wildman–Crippen LogP) is 3.99. The molecule has 2 rings (SSSR count). The standard InChI is InChI=1S/C13H13BrF3NO3/c1-7-10(4-5-18(7)12(19)20)21-11-6-8(13(15,16)17)2-3-9(11)14/h2-3,6-7,10H,4-5H2,1H3,(H,19,20)/t7-,10-/m0/s1. The molecule has 21 heavy (non-hydrogen) atoms. The highest BCUT2D eigenvalue weighted by Gasteiger charge is 2.36. The molecule has 0 spiro atoms. The van der Waals surface area contributed by atoms with Gasteiger partial charge in [0.15, 0.2) is 0 Å². The molecule has 1 saturated heterocycles. The average molecular weight is 368 g/mol. The molecule has 1 fully saturated rings. The van der Waals surface area contributed by atoms with Crippen molar-refractivity contribution < 1.29 is 27.8 Å². The van der Waals surface area contributed by atoms with Gasteiger partial charge in [0.05, 0.1) is 16.1 Å². The lowest BCUT2D eigenvalue weighted by Crippen LogP contribution is -2.38. The van der Waals surface area contributed by atoms with Crippen LogP contribution in [0, 0.1) is 0 Å². The molecule has 1 aromatic rings. The van der Waals surface area contributed by atoms with E-state index >= 15 is 0 Å². The van der Waals surface area contributed by atoms with Crippen molar-refractivity contribution in [3.8, 4) is 5.75 Å². The second-order valence-corrected chi connectivity index (χ2v) is 5.66. The Morgan fingerprint density at radius 1 is 1.48 bits per heavy atom. The molecular formula is C13H13BrF3NO3. The van der Waals surface area contributed by atoms with Gasteiger partial charge in [-0.15, -0.1) is 0 Å². The Balaban J connectivity index is 2.19. The summed E-state index contributed by atoms with van der Waals surface area (Å²) in [4.78, 5) is 12.2. The van der Waals surface area contributed by atoms with Crippen molar-refractivity contribution >= 4 is 22.0 Å². The summed E-state index contributed by atoms with van der Waals surface area (Å²) in [5.41, 5.74) is -0.804. The Bertz CT molecular complexity index is 550. The van der Waals surface area contributed by atoms with Crippen molar-refractivity contribution in [3.63, 3.8) is 0 Å². The van der Waals surface area contributed by atoms with Crippen LogP contribution in [0.2, 0.25) is 0 Å². The number of hydrogen-bond acceptors (Lipinski definition) is 2. The van der Waals surface area contributed by atoms with Crippen LogP contribution in [0.3, 0.4) is 0 Å². The van der Waals surface area contributed by atoms with Gasteiger partial charge in [0.1, 0.15) is 11.9 Å². The molecule has 0 radical (unpaired) electrons. The third-order valence-corrected chi connectivity index (χ3v) is 4.12. The number of likely N-dealkylation sites (tertiary alicyclic amines) is 1. The minimum atomic E-state index is -4.45. The number of amides is 1. The maximum atomic E-state index is 12.7. The van der Waals surface area contributed by atoms with Crippen molar-refractivity contribution in [1.29, 1.82) is 0 Å². The molecule has 1 aromatic carbocycles. The summed E-state index contributed by atoms with van der Waals surface area (Å²) in [6.07, 6.45) is -5.54. The van der Waals surface area contributed by atoms with Crippen molar-refractivity contribution in [1.82, 2.24) is 4.90 Å². The van der Waals surface area contributed by atoms with E-state index in [9.17, 15) is 18.0 Å². The van der Waals surface area contributed by atoms with E-state index in [1.54, 1.807) is 6.92 Å². The lowest BCUT2D eigenvalue weighted by atomic mass is 10.2. The first kappa shape index (κ1) is 15.9. The van der Waals surface area contributed by atoms with Gasteiger partial charge >= 0.3 is 12.3 Å². The van der Waals surface area contributed by atoms with Crippen molar-refractivity contribution in [2.75, 3.05) is 6.54 Å². The summed E-state index contributed by atoms with van der Waals surface area (Å²) in [5, 5.41) is 8.99. The maximum Gasteiger partial charge on any atom is 0.416 e. The van der Waals surface area contributed by atoms with Gasteiger partial charge in [-0.2, -0.15) is 13.2 Å². The molecular weight excluding hydrogens is 355 g/mol. The number of benzene rings is 1. The molecule has 0 unspecified atom stereocenters. The van der Waals surface area contributed by atoms with Gasteiger partial charge in [-0.1, -0.05) is 0 Å². The number of alkyl halides is 3. The molecule has 1 heterocycles. The molecule has 116 valence electrons. The minimum absolute atomic E-state index is 0.0638.